The molecule has 6 heteroatoms. The van der Waals surface area contributed by atoms with Crippen LogP contribution in [0.3, 0.4) is 0 Å². The van der Waals surface area contributed by atoms with Crippen LogP contribution in [0.15, 0.2) is 18.2 Å². The Morgan fingerprint density at radius 2 is 2.05 bits per heavy atom. The van der Waals surface area contributed by atoms with Crippen LogP contribution in [0.4, 0.5) is 8.78 Å². The molecule has 19 heavy (non-hydrogen) atoms. The van der Waals surface area contributed by atoms with E-state index < -0.39 is 23.6 Å². The summed E-state index contributed by atoms with van der Waals surface area (Å²) in [6.07, 6.45) is 0.517. The van der Waals surface area contributed by atoms with Crippen molar-refractivity contribution >= 4 is 11.9 Å². The molecular weight excluding hydrogens is 256 g/mol. The molecule has 1 aromatic rings. The average molecular weight is 269 g/mol. The van der Waals surface area contributed by atoms with E-state index >= 15 is 0 Å². The smallest absolute Gasteiger partial charge is 0.325 e. The molecule has 0 radical (unpaired) electrons. The molecule has 1 fully saturated rings. The Hall–Kier alpha value is -1.98. The van der Waals surface area contributed by atoms with Crippen molar-refractivity contribution in [2.24, 2.45) is 5.92 Å². The van der Waals surface area contributed by atoms with Gasteiger partial charge >= 0.3 is 5.97 Å². The van der Waals surface area contributed by atoms with E-state index in [0.29, 0.717) is 12.0 Å². The molecule has 1 saturated carbocycles. The Morgan fingerprint density at radius 3 is 2.63 bits per heavy atom. The first-order valence-electron chi connectivity index (χ1n) is 5.88. The van der Waals surface area contributed by atoms with Crippen molar-refractivity contribution in [1.29, 1.82) is 0 Å². The van der Waals surface area contributed by atoms with E-state index in [-0.39, 0.29) is 17.7 Å². The van der Waals surface area contributed by atoms with Gasteiger partial charge in [-0.1, -0.05) is 6.07 Å². The molecule has 0 aliphatic heterocycles. The Morgan fingerprint density at radius 1 is 1.37 bits per heavy atom. The van der Waals surface area contributed by atoms with Gasteiger partial charge in [-0.2, -0.15) is 0 Å². The maximum atomic E-state index is 13.1. The third kappa shape index (κ3) is 2.89. The SMILES string of the molecule is C[C@@H](NC(=O)C1CC1c1ccc(F)c(F)c1)C(=O)O. The number of aliphatic carboxylic acids is 1. The standard InChI is InChI=1S/C13H13F2NO3/c1-6(13(18)19)16-12(17)9-5-8(9)7-2-3-10(14)11(15)4-7/h2-4,6,8-9H,5H2,1H3,(H,16,17)(H,18,19)/t6-,8?,9?/m1/s1. The predicted octanol–water partition coefficient (Wildman–Crippen LogP) is 1.66. The van der Waals surface area contributed by atoms with Crippen LogP contribution in [-0.4, -0.2) is 23.0 Å². The van der Waals surface area contributed by atoms with Crippen LogP contribution in [0, 0.1) is 17.6 Å². The molecule has 1 aromatic carbocycles. The Kier molecular flexibility index (Phi) is 3.50. The number of carboxylic acid groups (broad SMARTS) is 1. The number of hydrogen-bond acceptors (Lipinski definition) is 2. The summed E-state index contributed by atoms with van der Waals surface area (Å²) < 4.78 is 25.8. The van der Waals surface area contributed by atoms with Crippen molar-refractivity contribution in [2.75, 3.05) is 0 Å². The summed E-state index contributed by atoms with van der Waals surface area (Å²) in [6, 6.07) is 2.58. The highest BCUT2D eigenvalue weighted by Crippen LogP contribution is 2.47. The van der Waals surface area contributed by atoms with Crippen LogP contribution in [-0.2, 0) is 9.59 Å². The van der Waals surface area contributed by atoms with Gasteiger partial charge in [0, 0.05) is 5.92 Å². The highest BCUT2D eigenvalue weighted by atomic mass is 19.2. The molecule has 0 aromatic heterocycles. The van der Waals surface area contributed by atoms with Crippen LogP contribution >= 0.6 is 0 Å². The second-order valence-corrected chi connectivity index (χ2v) is 4.69. The fraction of sp³-hybridized carbons (Fsp3) is 0.385. The van der Waals surface area contributed by atoms with Gasteiger partial charge in [-0.25, -0.2) is 8.78 Å². The van der Waals surface area contributed by atoms with E-state index in [0.717, 1.165) is 12.1 Å². The zero-order chi connectivity index (χ0) is 14.2. The first kappa shape index (κ1) is 13.5. The van der Waals surface area contributed by atoms with E-state index in [1.165, 1.54) is 13.0 Å². The summed E-state index contributed by atoms with van der Waals surface area (Å²) in [6.45, 7) is 1.37. The number of benzene rings is 1. The lowest BCUT2D eigenvalue weighted by atomic mass is 10.1. The van der Waals surface area contributed by atoms with Crippen molar-refractivity contribution in [2.45, 2.75) is 25.3 Å². The molecule has 0 saturated heterocycles. The molecule has 102 valence electrons. The summed E-state index contributed by atoms with van der Waals surface area (Å²) in [5.74, 6) is -3.89. The fourth-order valence-corrected chi connectivity index (χ4v) is 1.98. The number of carbonyl (C=O) groups excluding carboxylic acids is 1. The normalized spacial score (nSPS) is 22.7. The van der Waals surface area contributed by atoms with E-state index in [9.17, 15) is 18.4 Å². The third-order valence-electron chi connectivity index (χ3n) is 3.23. The van der Waals surface area contributed by atoms with Crippen LogP contribution in [0.1, 0.15) is 24.8 Å². The summed E-state index contributed by atoms with van der Waals surface area (Å²) in [7, 11) is 0. The van der Waals surface area contributed by atoms with Gasteiger partial charge in [-0.3, -0.25) is 9.59 Å². The summed E-state index contributed by atoms with van der Waals surface area (Å²) in [5, 5.41) is 11.0. The molecule has 2 unspecified atom stereocenters. The number of amides is 1. The van der Waals surface area contributed by atoms with E-state index in [1.54, 1.807) is 0 Å². The van der Waals surface area contributed by atoms with Crippen molar-refractivity contribution in [3.63, 3.8) is 0 Å². The number of carboxylic acids is 1. The van der Waals surface area contributed by atoms with E-state index in [2.05, 4.69) is 5.32 Å². The minimum atomic E-state index is -1.11. The third-order valence-corrected chi connectivity index (χ3v) is 3.23. The van der Waals surface area contributed by atoms with Gasteiger partial charge in [0.15, 0.2) is 11.6 Å². The first-order valence-corrected chi connectivity index (χ1v) is 5.88. The Balaban J connectivity index is 1.98. The molecule has 2 rings (SSSR count). The van der Waals surface area contributed by atoms with Crippen LogP contribution in [0.5, 0.6) is 0 Å². The molecule has 3 atom stereocenters. The molecule has 0 spiro atoms. The zero-order valence-corrected chi connectivity index (χ0v) is 10.2. The summed E-state index contributed by atoms with van der Waals surface area (Å²) in [4.78, 5) is 22.3. The van der Waals surface area contributed by atoms with Crippen LogP contribution in [0.25, 0.3) is 0 Å². The minimum absolute atomic E-state index is 0.170. The number of rotatable bonds is 4. The number of carbonyl (C=O) groups is 2. The van der Waals surface area contributed by atoms with Crippen LogP contribution in [0.2, 0.25) is 0 Å². The second-order valence-electron chi connectivity index (χ2n) is 4.69. The lowest BCUT2D eigenvalue weighted by molar-refractivity contribution is -0.141. The summed E-state index contributed by atoms with van der Waals surface area (Å²) in [5.41, 5.74) is 0.557. The van der Waals surface area contributed by atoms with Crippen molar-refractivity contribution in [1.82, 2.24) is 5.32 Å². The van der Waals surface area contributed by atoms with Crippen LogP contribution < -0.4 is 5.32 Å². The quantitative estimate of drug-likeness (QED) is 0.873. The van der Waals surface area contributed by atoms with Crippen molar-refractivity contribution in [3.8, 4) is 0 Å². The van der Waals surface area contributed by atoms with Gasteiger partial charge in [0.2, 0.25) is 5.91 Å². The molecular formula is C13H13F2NO3. The van der Waals surface area contributed by atoms with Crippen molar-refractivity contribution < 1.29 is 23.5 Å². The lowest BCUT2D eigenvalue weighted by Gasteiger charge is -2.08. The lowest BCUT2D eigenvalue weighted by Crippen LogP contribution is -2.39. The van der Waals surface area contributed by atoms with E-state index in [4.69, 9.17) is 5.11 Å². The molecule has 1 aliphatic rings. The summed E-state index contributed by atoms with van der Waals surface area (Å²) >= 11 is 0. The predicted molar refractivity (Wildman–Crippen MR) is 62.4 cm³/mol. The monoisotopic (exact) mass is 269 g/mol. The first-order chi connectivity index (χ1) is 8.90. The maximum Gasteiger partial charge on any atom is 0.325 e. The van der Waals surface area contributed by atoms with Gasteiger partial charge in [0.05, 0.1) is 0 Å². The zero-order valence-electron chi connectivity index (χ0n) is 10.2. The number of hydrogen-bond donors (Lipinski definition) is 2. The topological polar surface area (TPSA) is 66.4 Å². The van der Waals surface area contributed by atoms with Gasteiger partial charge in [-0.15, -0.1) is 0 Å². The van der Waals surface area contributed by atoms with Gasteiger partial charge < -0.3 is 10.4 Å². The molecule has 4 nitrogen and oxygen atoms in total. The Labute approximate surface area is 108 Å². The molecule has 0 bridgehead atoms. The fourth-order valence-electron chi connectivity index (χ4n) is 1.98. The minimum Gasteiger partial charge on any atom is -0.480 e. The molecule has 1 aliphatic carbocycles. The highest BCUT2D eigenvalue weighted by Gasteiger charge is 2.44. The van der Waals surface area contributed by atoms with Crippen molar-refractivity contribution in [3.05, 3.63) is 35.4 Å². The number of halogens is 2. The number of nitrogens with one attached hydrogen (secondary N) is 1. The molecule has 2 N–H and O–H groups in total. The average Bonchev–Trinajstić information content (AvgIpc) is 3.12. The highest BCUT2D eigenvalue weighted by molar-refractivity contribution is 5.87. The maximum absolute atomic E-state index is 13.1. The second kappa shape index (κ2) is 4.95. The van der Waals surface area contributed by atoms with Gasteiger partial charge in [0.25, 0.3) is 0 Å². The largest absolute Gasteiger partial charge is 0.480 e. The molecule has 1 amide bonds. The van der Waals surface area contributed by atoms with Gasteiger partial charge in [-0.05, 0) is 37.0 Å². The van der Waals surface area contributed by atoms with E-state index in [1.807, 2.05) is 0 Å². The Bertz CT molecular complexity index is 533. The van der Waals surface area contributed by atoms with Gasteiger partial charge in [0.1, 0.15) is 6.04 Å². The molecule has 0 heterocycles.